The van der Waals surface area contributed by atoms with E-state index in [1.54, 1.807) is 42.7 Å². The Bertz CT molecular complexity index is 1080. The quantitative estimate of drug-likeness (QED) is 0.477. The number of likely N-dealkylation sites (tertiary alicyclic amines) is 1. The van der Waals surface area contributed by atoms with Crippen LogP contribution in [0.3, 0.4) is 0 Å². The molecule has 1 N–H and O–H groups in total. The summed E-state index contributed by atoms with van der Waals surface area (Å²) in [6, 6.07) is 5.10. The number of carboxylic acid groups (broad SMARTS) is 1. The molecule has 2 heterocycles. The maximum atomic E-state index is 14.3. The summed E-state index contributed by atoms with van der Waals surface area (Å²) in [5.74, 6) is 0.166. The van der Waals surface area contributed by atoms with Crippen molar-refractivity contribution in [3.8, 4) is 5.75 Å². The molecule has 0 unspecified atom stereocenters. The van der Waals surface area contributed by atoms with Crippen molar-refractivity contribution in [3.63, 3.8) is 0 Å². The molecule has 0 saturated carbocycles. The molecule has 1 aliphatic rings. The Balaban J connectivity index is 2.21. The summed E-state index contributed by atoms with van der Waals surface area (Å²) in [5.41, 5.74) is 0.605. The van der Waals surface area contributed by atoms with Gasteiger partial charge in [-0.1, -0.05) is 54.5 Å². The highest BCUT2D eigenvalue weighted by atomic mass is 16.7. The molecule has 0 bridgehead atoms. The van der Waals surface area contributed by atoms with E-state index in [0.717, 1.165) is 5.56 Å². The maximum Gasteiger partial charge on any atom is 0.507 e. The van der Waals surface area contributed by atoms with Crippen LogP contribution in [-0.2, 0) is 10.2 Å². The second-order valence-corrected chi connectivity index (χ2v) is 11.4. The van der Waals surface area contributed by atoms with Crippen LogP contribution in [0.5, 0.6) is 5.75 Å². The normalized spacial score (nSPS) is 22.2. The molecule has 3 rings (SSSR count). The second-order valence-electron chi connectivity index (χ2n) is 11.4. The fourth-order valence-electron chi connectivity index (χ4n) is 5.58. The van der Waals surface area contributed by atoms with E-state index in [2.05, 4.69) is 30.7 Å². The lowest BCUT2D eigenvalue weighted by molar-refractivity contribution is -0.111. The zero-order valence-electron chi connectivity index (χ0n) is 22.6. The third kappa shape index (κ3) is 5.47. The van der Waals surface area contributed by atoms with Crippen LogP contribution in [0, 0.1) is 11.8 Å². The molecule has 0 radical (unpaired) electrons. The molecule has 1 aromatic carbocycles. The van der Waals surface area contributed by atoms with Gasteiger partial charge in [-0.15, -0.1) is 0 Å². The van der Waals surface area contributed by atoms with E-state index >= 15 is 0 Å². The van der Waals surface area contributed by atoms with Gasteiger partial charge < -0.3 is 14.6 Å². The number of amides is 1. The molecule has 1 saturated heterocycles. The van der Waals surface area contributed by atoms with E-state index in [-0.39, 0.29) is 35.1 Å². The van der Waals surface area contributed by atoms with Crippen molar-refractivity contribution in [2.24, 2.45) is 11.8 Å². The molecule has 196 valence electrons. The molecule has 2 aromatic rings. The lowest BCUT2D eigenvalue weighted by atomic mass is 9.85. The number of rotatable bonds is 7. The van der Waals surface area contributed by atoms with Gasteiger partial charge in [-0.3, -0.25) is 19.7 Å². The summed E-state index contributed by atoms with van der Waals surface area (Å²) < 4.78 is 11.3. The van der Waals surface area contributed by atoms with Gasteiger partial charge in [0.2, 0.25) is 0 Å². The smallest absolute Gasteiger partial charge is 0.496 e. The predicted molar refractivity (Wildman–Crippen MR) is 137 cm³/mol. The number of hydrogen-bond acceptors (Lipinski definition) is 6. The SMILES string of the molecule is COc1cc(C(=O)N2[C@@H](C(C)C)[C@@H](c3cnccn3)C[C@]2(CC(C)C)OC(=O)O)ccc1C(C)(C)C. The first-order valence-corrected chi connectivity index (χ1v) is 12.5. The van der Waals surface area contributed by atoms with Gasteiger partial charge in [0.25, 0.3) is 5.91 Å². The van der Waals surface area contributed by atoms with Gasteiger partial charge in [0.1, 0.15) is 5.75 Å². The summed E-state index contributed by atoms with van der Waals surface area (Å²) in [7, 11) is 1.59. The zero-order chi connectivity index (χ0) is 26.8. The highest BCUT2D eigenvalue weighted by Crippen LogP contribution is 2.50. The number of ether oxygens (including phenoxy) is 2. The molecule has 0 spiro atoms. The number of aromatic nitrogens is 2. The van der Waals surface area contributed by atoms with Crippen LogP contribution in [0.4, 0.5) is 4.79 Å². The summed E-state index contributed by atoms with van der Waals surface area (Å²) in [5, 5.41) is 9.80. The monoisotopic (exact) mass is 497 g/mol. The third-order valence-electron chi connectivity index (χ3n) is 6.81. The Kier molecular flexibility index (Phi) is 7.96. The van der Waals surface area contributed by atoms with E-state index in [0.29, 0.717) is 29.8 Å². The van der Waals surface area contributed by atoms with Gasteiger partial charge in [-0.25, -0.2) is 4.79 Å². The van der Waals surface area contributed by atoms with Crippen molar-refractivity contribution < 1.29 is 24.2 Å². The average molecular weight is 498 g/mol. The second kappa shape index (κ2) is 10.4. The van der Waals surface area contributed by atoms with Crippen molar-refractivity contribution in [2.75, 3.05) is 7.11 Å². The van der Waals surface area contributed by atoms with Gasteiger partial charge >= 0.3 is 6.16 Å². The number of carbonyl (C=O) groups excluding carboxylic acids is 1. The number of hydrogen-bond donors (Lipinski definition) is 1. The Labute approximate surface area is 214 Å². The van der Waals surface area contributed by atoms with Gasteiger partial charge in [0, 0.05) is 49.0 Å². The average Bonchev–Trinajstić information content (AvgIpc) is 3.11. The number of methoxy groups -OCH3 is 1. The van der Waals surface area contributed by atoms with Crippen molar-refractivity contribution >= 4 is 12.1 Å². The van der Waals surface area contributed by atoms with E-state index in [4.69, 9.17) is 9.47 Å². The Morgan fingerprint density at radius 1 is 1.19 bits per heavy atom. The molecule has 0 aliphatic carbocycles. The maximum absolute atomic E-state index is 14.3. The topological polar surface area (TPSA) is 102 Å². The third-order valence-corrected chi connectivity index (χ3v) is 6.81. The Morgan fingerprint density at radius 3 is 2.39 bits per heavy atom. The fourth-order valence-corrected chi connectivity index (χ4v) is 5.58. The molecule has 8 heteroatoms. The first kappa shape index (κ1) is 27.4. The van der Waals surface area contributed by atoms with Crippen LogP contribution in [0.1, 0.15) is 88.8 Å². The molecule has 1 amide bonds. The van der Waals surface area contributed by atoms with Crippen LogP contribution < -0.4 is 4.74 Å². The predicted octanol–water partition coefficient (Wildman–Crippen LogP) is 5.87. The summed E-state index contributed by atoms with van der Waals surface area (Å²) >= 11 is 0. The van der Waals surface area contributed by atoms with Crippen molar-refractivity contribution in [3.05, 3.63) is 53.6 Å². The number of carbonyl (C=O) groups is 2. The van der Waals surface area contributed by atoms with Crippen LogP contribution >= 0.6 is 0 Å². The van der Waals surface area contributed by atoms with Crippen LogP contribution in [0.15, 0.2) is 36.8 Å². The van der Waals surface area contributed by atoms with Crippen molar-refractivity contribution in [1.82, 2.24) is 14.9 Å². The fraction of sp³-hybridized carbons (Fsp3) is 0.571. The molecule has 1 aliphatic heterocycles. The lowest BCUT2D eigenvalue weighted by Crippen LogP contribution is -2.55. The Morgan fingerprint density at radius 2 is 1.89 bits per heavy atom. The summed E-state index contributed by atoms with van der Waals surface area (Å²) in [6.07, 6.45) is 4.18. The Hall–Kier alpha value is -3.16. The minimum Gasteiger partial charge on any atom is -0.496 e. The molecule has 8 nitrogen and oxygen atoms in total. The lowest BCUT2D eigenvalue weighted by Gasteiger charge is -2.42. The molecule has 3 atom stereocenters. The minimum absolute atomic E-state index is 0.00290. The van der Waals surface area contributed by atoms with E-state index in [1.807, 2.05) is 33.8 Å². The van der Waals surface area contributed by atoms with Crippen LogP contribution in [0.2, 0.25) is 0 Å². The first-order valence-electron chi connectivity index (χ1n) is 12.5. The molecular formula is C28H39N3O5. The first-order chi connectivity index (χ1) is 16.8. The van der Waals surface area contributed by atoms with Crippen LogP contribution in [0.25, 0.3) is 0 Å². The molecule has 1 fully saturated rings. The minimum atomic E-state index is -1.41. The van der Waals surface area contributed by atoms with Gasteiger partial charge in [-0.05, 0) is 34.9 Å². The van der Waals surface area contributed by atoms with Crippen molar-refractivity contribution in [1.29, 1.82) is 0 Å². The number of benzene rings is 1. The van der Waals surface area contributed by atoms with E-state index in [9.17, 15) is 14.7 Å². The molecule has 1 aromatic heterocycles. The highest BCUT2D eigenvalue weighted by molar-refractivity contribution is 5.96. The summed E-state index contributed by atoms with van der Waals surface area (Å²) in [4.78, 5) is 36.7. The van der Waals surface area contributed by atoms with Gasteiger partial charge in [-0.2, -0.15) is 0 Å². The van der Waals surface area contributed by atoms with Crippen molar-refractivity contribution in [2.45, 2.75) is 84.4 Å². The number of nitrogens with zero attached hydrogens (tertiary/aromatic N) is 3. The van der Waals surface area contributed by atoms with E-state index in [1.165, 1.54) is 0 Å². The molecule has 36 heavy (non-hydrogen) atoms. The standard InChI is InChI=1S/C28H39N3O5/c1-17(2)14-28(36-26(33)34)15-20(22-16-29-11-12-30-22)24(18(3)4)31(28)25(32)19-9-10-21(27(5,6)7)23(13-19)35-8/h9-13,16-18,20,24H,14-15H2,1-8H3,(H,33,34)/t20-,24+,28+/m1/s1. The zero-order valence-corrected chi connectivity index (χ0v) is 22.6. The van der Waals surface area contributed by atoms with Gasteiger partial charge in [0.15, 0.2) is 5.72 Å². The largest absolute Gasteiger partial charge is 0.507 e. The highest BCUT2D eigenvalue weighted by Gasteiger charge is 2.58. The van der Waals surface area contributed by atoms with E-state index < -0.39 is 11.9 Å². The molecular weight excluding hydrogens is 458 g/mol. The van der Waals surface area contributed by atoms with Crippen LogP contribution in [-0.4, -0.2) is 50.9 Å². The summed E-state index contributed by atoms with van der Waals surface area (Å²) in [6.45, 7) is 14.3. The van der Waals surface area contributed by atoms with Gasteiger partial charge in [0.05, 0.1) is 12.8 Å².